The molecule has 0 aromatic carbocycles. The molecule has 0 unspecified atom stereocenters. The maximum Gasteiger partial charge on any atom is 0.232 e. The van der Waals surface area contributed by atoms with Crippen LogP contribution in [0.5, 0.6) is 5.75 Å². The van der Waals surface area contributed by atoms with Gasteiger partial charge in [0.2, 0.25) is 5.91 Å². The second kappa shape index (κ2) is 6.87. The van der Waals surface area contributed by atoms with Crippen LogP contribution in [0.3, 0.4) is 0 Å². The zero-order valence-electron chi connectivity index (χ0n) is 12.9. The molecule has 120 valence electrons. The normalized spacial score (nSPS) is 22.6. The Morgan fingerprint density at radius 3 is 3.18 bits per heavy atom. The number of hydrogen-bond acceptors (Lipinski definition) is 5. The van der Waals surface area contributed by atoms with Crippen LogP contribution in [0.1, 0.15) is 12.8 Å². The first kappa shape index (κ1) is 15.6. The van der Waals surface area contributed by atoms with Crippen LogP contribution in [0.15, 0.2) is 24.5 Å². The third-order valence-corrected chi connectivity index (χ3v) is 5.04. The van der Waals surface area contributed by atoms with Crippen molar-refractivity contribution < 1.29 is 14.3 Å². The predicted molar refractivity (Wildman–Crippen MR) is 86.1 cm³/mol. The fourth-order valence-electron chi connectivity index (χ4n) is 3.28. The van der Waals surface area contributed by atoms with E-state index in [0.29, 0.717) is 18.3 Å². The Morgan fingerprint density at radius 2 is 2.45 bits per heavy atom. The van der Waals surface area contributed by atoms with Gasteiger partial charge in [-0.15, -0.1) is 0 Å². The van der Waals surface area contributed by atoms with E-state index in [1.165, 1.54) is 0 Å². The summed E-state index contributed by atoms with van der Waals surface area (Å²) in [5, 5.41) is 0. The van der Waals surface area contributed by atoms with Crippen molar-refractivity contribution in [2.45, 2.75) is 18.4 Å². The van der Waals surface area contributed by atoms with E-state index in [1.807, 2.05) is 23.3 Å². The number of pyridine rings is 1. The smallest absolute Gasteiger partial charge is 0.232 e. The molecule has 2 aliphatic rings. The standard InChI is InChI=1S/C16H22N2O3S/c1-22-10-15(19)18-11-16(12-18)13(5-8-21-16)4-7-20-14-3-2-6-17-9-14/h2-3,6,9,13H,4-5,7-8,10-12H2,1H3/t13-/m0/s1. The Morgan fingerprint density at radius 1 is 1.59 bits per heavy atom. The molecule has 3 rings (SSSR count). The van der Waals surface area contributed by atoms with Gasteiger partial charge in [0.25, 0.3) is 0 Å². The molecule has 0 saturated carbocycles. The van der Waals surface area contributed by atoms with Crippen molar-refractivity contribution >= 4 is 17.7 Å². The van der Waals surface area contributed by atoms with E-state index in [-0.39, 0.29) is 11.5 Å². The molecule has 2 aliphatic heterocycles. The highest BCUT2D eigenvalue weighted by Gasteiger charge is 2.53. The van der Waals surface area contributed by atoms with Crippen molar-refractivity contribution in [3.05, 3.63) is 24.5 Å². The Bertz CT molecular complexity index is 505. The van der Waals surface area contributed by atoms with E-state index in [9.17, 15) is 4.79 Å². The zero-order valence-corrected chi connectivity index (χ0v) is 13.7. The molecule has 0 bridgehead atoms. The molecule has 3 heterocycles. The molecule has 1 aromatic heterocycles. The van der Waals surface area contributed by atoms with E-state index in [1.54, 1.807) is 24.2 Å². The lowest BCUT2D eigenvalue weighted by Crippen LogP contribution is -2.66. The van der Waals surface area contributed by atoms with Crippen LogP contribution in [0.4, 0.5) is 0 Å². The molecule has 1 atom stereocenters. The van der Waals surface area contributed by atoms with Crippen LogP contribution in [0, 0.1) is 5.92 Å². The van der Waals surface area contributed by atoms with Crippen LogP contribution in [-0.4, -0.2) is 59.7 Å². The minimum Gasteiger partial charge on any atom is -0.492 e. The lowest BCUT2D eigenvalue weighted by atomic mass is 9.79. The Hall–Kier alpha value is -1.27. The number of hydrogen-bond donors (Lipinski definition) is 0. The van der Waals surface area contributed by atoms with Crippen LogP contribution in [-0.2, 0) is 9.53 Å². The number of carbonyl (C=O) groups is 1. The number of nitrogens with zero attached hydrogens (tertiary/aromatic N) is 2. The van der Waals surface area contributed by atoms with Crippen molar-refractivity contribution in [3.63, 3.8) is 0 Å². The van der Waals surface area contributed by atoms with Crippen molar-refractivity contribution in [2.24, 2.45) is 5.92 Å². The maximum atomic E-state index is 11.9. The number of amides is 1. The summed E-state index contributed by atoms with van der Waals surface area (Å²) in [4.78, 5) is 17.8. The Labute approximate surface area is 135 Å². The lowest BCUT2D eigenvalue weighted by Gasteiger charge is -2.50. The third kappa shape index (κ3) is 3.22. The monoisotopic (exact) mass is 322 g/mol. The van der Waals surface area contributed by atoms with Crippen molar-refractivity contribution in [2.75, 3.05) is 38.3 Å². The van der Waals surface area contributed by atoms with Crippen LogP contribution in [0.2, 0.25) is 0 Å². The second-order valence-corrected chi connectivity index (χ2v) is 6.77. The second-order valence-electron chi connectivity index (χ2n) is 5.91. The van der Waals surface area contributed by atoms with Crippen LogP contribution in [0.25, 0.3) is 0 Å². The number of likely N-dealkylation sites (tertiary alicyclic amines) is 1. The average molecular weight is 322 g/mol. The maximum absolute atomic E-state index is 11.9. The van der Waals surface area contributed by atoms with Crippen molar-refractivity contribution in [3.8, 4) is 5.75 Å². The fourth-order valence-corrected chi connectivity index (χ4v) is 3.71. The number of thioether (sulfide) groups is 1. The van der Waals surface area contributed by atoms with Gasteiger partial charge in [0.05, 0.1) is 31.6 Å². The van der Waals surface area contributed by atoms with Crippen LogP contribution < -0.4 is 4.74 Å². The van der Waals surface area contributed by atoms with Crippen LogP contribution >= 0.6 is 11.8 Å². The first-order chi connectivity index (χ1) is 10.7. The minimum absolute atomic E-state index is 0.119. The summed E-state index contributed by atoms with van der Waals surface area (Å²) < 4.78 is 11.7. The predicted octanol–water partition coefficient (Wildman–Crippen LogP) is 1.83. The van der Waals surface area contributed by atoms with Gasteiger partial charge in [-0.3, -0.25) is 9.78 Å². The number of aromatic nitrogens is 1. The third-order valence-electron chi connectivity index (χ3n) is 4.51. The Kier molecular flexibility index (Phi) is 4.88. The van der Waals surface area contributed by atoms with E-state index in [0.717, 1.165) is 38.3 Å². The molecule has 1 spiro atoms. The average Bonchev–Trinajstić information content (AvgIpc) is 2.91. The highest BCUT2D eigenvalue weighted by atomic mass is 32.2. The van der Waals surface area contributed by atoms with Crippen molar-refractivity contribution in [1.82, 2.24) is 9.88 Å². The highest BCUT2D eigenvalue weighted by molar-refractivity contribution is 7.99. The molecular weight excluding hydrogens is 300 g/mol. The van der Waals surface area contributed by atoms with Gasteiger partial charge in [0, 0.05) is 12.8 Å². The van der Waals surface area contributed by atoms with Gasteiger partial charge in [0.1, 0.15) is 11.4 Å². The molecule has 1 amide bonds. The molecule has 1 aromatic rings. The van der Waals surface area contributed by atoms with E-state index in [2.05, 4.69) is 4.98 Å². The quantitative estimate of drug-likeness (QED) is 0.800. The van der Waals surface area contributed by atoms with E-state index < -0.39 is 0 Å². The molecule has 0 N–H and O–H groups in total. The molecular formula is C16H22N2O3S. The first-order valence-corrected chi connectivity index (χ1v) is 9.06. The zero-order chi connectivity index (χ0) is 15.4. The van der Waals surface area contributed by atoms with Gasteiger partial charge < -0.3 is 14.4 Å². The number of ether oxygens (including phenoxy) is 2. The summed E-state index contributed by atoms with van der Waals surface area (Å²) in [6.45, 7) is 2.94. The van der Waals surface area contributed by atoms with E-state index >= 15 is 0 Å². The summed E-state index contributed by atoms with van der Waals surface area (Å²) in [5.41, 5.74) is -0.119. The number of rotatable bonds is 6. The van der Waals surface area contributed by atoms with Gasteiger partial charge in [-0.05, 0) is 37.1 Å². The summed E-state index contributed by atoms with van der Waals surface area (Å²) in [5.74, 6) is 2.06. The van der Waals surface area contributed by atoms with Gasteiger partial charge in [0.15, 0.2) is 0 Å². The van der Waals surface area contributed by atoms with Gasteiger partial charge in [-0.1, -0.05) is 0 Å². The molecule has 0 aliphatic carbocycles. The highest BCUT2D eigenvalue weighted by Crippen LogP contribution is 2.41. The molecule has 2 fully saturated rings. The summed E-state index contributed by atoms with van der Waals surface area (Å²) in [6.07, 6.45) is 7.44. The van der Waals surface area contributed by atoms with Crippen molar-refractivity contribution in [1.29, 1.82) is 0 Å². The molecule has 22 heavy (non-hydrogen) atoms. The van der Waals surface area contributed by atoms with E-state index in [4.69, 9.17) is 9.47 Å². The van der Waals surface area contributed by atoms with Gasteiger partial charge in [-0.2, -0.15) is 11.8 Å². The minimum atomic E-state index is -0.119. The first-order valence-electron chi connectivity index (χ1n) is 7.67. The van der Waals surface area contributed by atoms with Gasteiger partial charge in [-0.25, -0.2) is 0 Å². The topological polar surface area (TPSA) is 51.7 Å². The molecule has 0 radical (unpaired) electrons. The lowest BCUT2D eigenvalue weighted by molar-refractivity contribution is -0.163. The fraction of sp³-hybridized carbons (Fsp3) is 0.625. The molecule has 2 saturated heterocycles. The SMILES string of the molecule is CSCC(=O)N1CC2(C1)OCC[C@@H]2CCOc1cccnc1. The summed E-state index contributed by atoms with van der Waals surface area (Å²) >= 11 is 1.57. The summed E-state index contributed by atoms with van der Waals surface area (Å²) in [6, 6.07) is 3.79. The molecule has 6 heteroatoms. The molecule has 5 nitrogen and oxygen atoms in total. The van der Waals surface area contributed by atoms with Gasteiger partial charge >= 0.3 is 0 Å². The largest absolute Gasteiger partial charge is 0.492 e. The summed E-state index contributed by atoms with van der Waals surface area (Å²) in [7, 11) is 0. The Balaban J connectivity index is 1.47. The number of carbonyl (C=O) groups excluding carboxylic acids is 1.